The first kappa shape index (κ1) is 63.9. The minimum atomic E-state index is -0.120. The fourth-order valence-corrected chi connectivity index (χ4v) is 19.3. The van der Waals surface area contributed by atoms with E-state index in [4.69, 9.17) is 9.97 Å². The minimum absolute atomic E-state index is 0.120. The molecule has 6 nitrogen and oxygen atoms in total. The number of nitrogens with zero attached hydrogens (tertiary/aromatic N) is 6. The van der Waals surface area contributed by atoms with Gasteiger partial charge in [-0.15, -0.1) is 0 Å². The van der Waals surface area contributed by atoms with Gasteiger partial charge in [0.25, 0.3) is 0 Å². The second kappa shape index (κ2) is 24.1. The first-order chi connectivity index (χ1) is 55.0. The highest BCUT2D eigenvalue weighted by atomic mass is 15.0. The Labute approximate surface area is 648 Å². The van der Waals surface area contributed by atoms with E-state index in [1.54, 1.807) is 0 Å². The van der Waals surface area contributed by atoms with Gasteiger partial charge in [-0.25, -0.2) is 9.97 Å². The van der Waals surface area contributed by atoms with Crippen LogP contribution < -0.4 is 0 Å². The summed E-state index contributed by atoms with van der Waals surface area (Å²) in [7, 11) is 0. The van der Waals surface area contributed by atoms with Gasteiger partial charge in [0.05, 0.1) is 55.5 Å². The fraction of sp³-hybridized carbons (Fsp3) is 0.0566. The molecule has 16 aromatic carbocycles. The van der Waals surface area contributed by atoms with Crippen LogP contribution in [0.25, 0.3) is 200 Å². The maximum Gasteiger partial charge on any atom is 0.160 e. The summed E-state index contributed by atoms with van der Waals surface area (Å²) >= 11 is 0. The minimum Gasteiger partial charge on any atom is -0.309 e. The van der Waals surface area contributed by atoms with Crippen molar-refractivity contribution >= 4 is 87.2 Å². The summed E-state index contributed by atoms with van der Waals surface area (Å²) in [6, 6.07) is 135. The lowest BCUT2D eigenvalue weighted by Crippen LogP contribution is -2.15. The lowest BCUT2D eigenvalue weighted by atomic mass is 9.82. The van der Waals surface area contributed by atoms with Crippen LogP contribution in [0.15, 0.2) is 364 Å². The molecule has 526 valence electrons. The molecule has 21 aromatic rings. The van der Waals surface area contributed by atoms with Gasteiger partial charge in [-0.3, -0.25) is 0 Å². The Morgan fingerprint density at radius 3 is 0.884 bits per heavy atom. The number of fused-ring (bicyclic) bond motifs is 18. The Morgan fingerprint density at radius 1 is 0.188 bits per heavy atom. The molecular weight excluding hydrogens is 1360 g/mol. The second-order valence-electron chi connectivity index (χ2n) is 31.6. The molecule has 2 aliphatic rings. The summed E-state index contributed by atoms with van der Waals surface area (Å²) in [6.45, 7) is 9.46. The van der Waals surface area contributed by atoms with Gasteiger partial charge in [0.15, 0.2) is 5.82 Å². The van der Waals surface area contributed by atoms with Crippen molar-refractivity contribution in [2.24, 2.45) is 0 Å². The van der Waals surface area contributed by atoms with Crippen LogP contribution in [0.1, 0.15) is 49.9 Å². The quantitative estimate of drug-likeness (QED) is 0.137. The zero-order chi connectivity index (χ0) is 74.2. The highest BCUT2D eigenvalue weighted by Crippen LogP contribution is 2.52. The van der Waals surface area contributed by atoms with Crippen molar-refractivity contribution in [1.29, 1.82) is 0 Å². The van der Waals surface area contributed by atoms with Crippen molar-refractivity contribution < 1.29 is 0 Å². The van der Waals surface area contributed by atoms with Crippen molar-refractivity contribution in [2.45, 2.75) is 38.5 Å². The standard InChI is InChI=1S/C106H72N6/c1-105(2)90-33-17-11-27-78(90)80-49-47-74(62-92(80)105)109-96-35-19-13-29-82(96)86-57-69(43-51-100(86)109)71-45-53-102-88(59-71)84-31-15-21-37-98(84)111(102)76-55-73(104-107-94(67-25-9-6-10-26-67)64-95(108-104)68-41-39-66(40-42-68)65-23-7-5-8-24-65)56-77(61-76)112-99-38-22-16-32-85(99)89-60-72(46-54-103(89)112)70-44-52-101-87(58-70)83-30-14-20-36-97(83)110(101)75-48-50-81-79-28-12-18-34-91(79)106(3,4)93(81)63-75/h5-64H,1-4H3. The van der Waals surface area contributed by atoms with E-state index in [0.29, 0.717) is 5.82 Å². The topological polar surface area (TPSA) is 45.5 Å². The van der Waals surface area contributed by atoms with E-state index >= 15 is 0 Å². The summed E-state index contributed by atoms with van der Waals surface area (Å²) in [6.07, 6.45) is 0. The highest BCUT2D eigenvalue weighted by Gasteiger charge is 2.37. The van der Waals surface area contributed by atoms with E-state index in [2.05, 4.69) is 410 Å². The zero-order valence-corrected chi connectivity index (χ0v) is 62.3. The van der Waals surface area contributed by atoms with Gasteiger partial charge in [0.2, 0.25) is 0 Å². The van der Waals surface area contributed by atoms with E-state index in [0.717, 1.165) is 89.3 Å². The Kier molecular flexibility index (Phi) is 13.8. The van der Waals surface area contributed by atoms with E-state index < -0.39 is 0 Å². The first-order valence-corrected chi connectivity index (χ1v) is 38.9. The van der Waals surface area contributed by atoms with Gasteiger partial charge in [0.1, 0.15) is 0 Å². The molecule has 6 heteroatoms. The Bertz CT molecular complexity index is 7180. The second-order valence-corrected chi connectivity index (χ2v) is 31.6. The summed E-state index contributed by atoms with van der Waals surface area (Å²) in [5, 5.41) is 9.56. The molecule has 5 heterocycles. The maximum atomic E-state index is 5.63. The molecule has 0 spiro atoms. The van der Waals surface area contributed by atoms with Crippen LogP contribution in [0.4, 0.5) is 0 Å². The van der Waals surface area contributed by atoms with Crippen molar-refractivity contribution in [2.75, 3.05) is 0 Å². The Hall–Kier alpha value is -14.2. The summed E-state index contributed by atoms with van der Waals surface area (Å²) in [5.41, 5.74) is 35.6. The van der Waals surface area contributed by atoms with E-state index in [9.17, 15) is 0 Å². The van der Waals surface area contributed by atoms with Gasteiger partial charge < -0.3 is 18.3 Å². The lowest BCUT2D eigenvalue weighted by Gasteiger charge is -2.22. The van der Waals surface area contributed by atoms with Crippen molar-refractivity contribution in [3.8, 4) is 112 Å². The molecule has 5 aromatic heterocycles. The lowest BCUT2D eigenvalue weighted by molar-refractivity contribution is 0.660. The molecule has 2 aliphatic carbocycles. The number of rotatable bonds is 10. The van der Waals surface area contributed by atoms with Crippen molar-refractivity contribution in [3.05, 3.63) is 386 Å². The SMILES string of the molecule is CC1(C)c2ccccc2-c2ccc(-n3c4ccccc4c4cc(-c5ccc6c(c5)c5ccccc5n6-c5cc(-c6nc(-c7ccccc7)cc(-c7ccc(-c8ccccc8)cc7)n6)cc(-n6c7ccccc7c7cc(-c8ccc9c(c8)c8ccccc8n9-c8ccc9c(c8)C(C)(C)c8ccccc8-9)ccc76)c5)ccc43)cc21. The number of hydrogen-bond acceptors (Lipinski definition) is 2. The number of para-hydroxylation sites is 4. The normalized spacial score (nSPS) is 13.3. The number of hydrogen-bond donors (Lipinski definition) is 0. The Morgan fingerprint density at radius 2 is 0.482 bits per heavy atom. The van der Waals surface area contributed by atoms with Gasteiger partial charge in [0, 0.05) is 93.4 Å². The number of aromatic nitrogens is 6. The fourth-order valence-electron chi connectivity index (χ4n) is 19.3. The Balaban J connectivity index is 0.688. The number of benzene rings is 16. The molecule has 0 saturated heterocycles. The average molecular weight is 1430 g/mol. The van der Waals surface area contributed by atoms with Crippen molar-refractivity contribution in [1.82, 2.24) is 28.2 Å². The third-order valence-corrected chi connectivity index (χ3v) is 24.8. The van der Waals surface area contributed by atoms with Gasteiger partial charge in [-0.2, -0.15) is 0 Å². The molecule has 0 saturated carbocycles. The zero-order valence-electron chi connectivity index (χ0n) is 62.3. The van der Waals surface area contributed by atoms with Crippen LogP contribution in [0, 0.1) is 0 Å². The third kappa shape index (κ3) is 9.58. The molecule has 0 amide bonds. The molecule has 0 radical (unpaired) electrons. The van der Waals surface area contributed by atoms with Gasteiger partial charge >= 0.3 is 0 Å². The molecule has 0 bridgehead atoms. The summed E-state index contributed by atoms with van der Waals surface area (Å²) in [4.78, 5) is 11.2. The monoisotopic (exact) mass is 1430 g/mol. The molecule has 0 N–H and O–H groups in total. The average Bonchev–Trinajstić information content (AvgIpc) is 1.59. The molecule has 0 unspecified atom stereocenters. The maximum absolute atomic E-state index is 5.63. The largest absolute Gasteiger partial charge is 0.309 e. The first-order valence-electron chi connectivity index (χ1n) is 38.9. The van der Waals surface area contributed by atoms with Crippen LogP contribution in [-0.4, -0.2) is 28.2 Å². The van der Waals surface area contributed by atoms with Crippen LogP contribution in [0.3, 0.4) is 0 Å². The van der Waals surface area contributed by atoms with Crippen LogP contribution in [-0.2, 0) is 10.8 Å². The van der Waals surface area contributed by atoms with Crippen molar-refractivity contribution in [3.63, 3.8) is 0 Å². The van der Waals surface area contributed by atoms with Crippen LogP contribution >= 0.6 is 0 Å². The molecule has 0 atom stereocenters. The van der Waals surface area contributed by atoms with Crippen LogP contribution in [0.5, 0.6) is 0 Å². The molecule has 0 fully saturated rings. The molecule has 0 aliphatic heterocycles. The predicted octanol–water partition coefficient (Wildman–Crippen LogP) is 27.5. The highest BCUT2D eigenvalue weighted by molar-refractivity contribution is 6.15. The molecule has 112 heavy (non-hydrogen) atoms. The van der Waals surface area contributed by atoms with E-state index in [1.165, 1.54) is 127 Å². The van der Waals surface area contributed by atoms with Gasteiger partial charge in [-0.1, -0.05) is 270 Å². The third-order valence-electron chi connectivity index (χ3n) is 24.8. The summed E-state index contributed by atoms with van der Waals surface area (Å²) in [5.74, 6) is 0.627. The van der Waals surface area contributed by atoms with E-state index in [-0.39, 0.29) is 10.8 Å². The smallest absolute Gasteiger partial charge is 0.160 e. The van der Waals surface area contributed by atoms with Crippen LogP contribution in [0.2, 0.25) is 0 Å². The molecule has 23 rings (SSSR count). The summed E-state index contributed by atoms with van der Waals surface area (Å²) < 4.78 is 9.85. The molecular formula is C106H72N6. The van der Waals surface area contributed by atoms with E-state index in [1.807, 2.05) is 0 Å². The predicted molar refractivity (Wildman–Crippen MR) is 467 cm³/mol. The van der Waals surface area contributed by atoms with Gasteiger partial charge in [-0.05, 0) is 199 Å².